The highest BCUT2D eigenvalue weighted by molar-refractivity contribution is 7.80. The number of hydrazone groups is 1. The van der Waals surface area contributed by atoms with Crippen molar-refractivity contribution in [3.8, 4) is 0 Å². The van der Waals surface area contributed by atoms with E-state index in [4.69, 9.17) is 17.0 Å². The molecule has 2 atom stereocenters. The standard InChI is InChI=1S/C12H21N3OS/c1-10(9-16-2)14-12(17)15-13-8-11-6-4-3-5-7-11/h3-4,8,10-11H,5-7,9H2,1-2H3,(H2,14,15,17)/b13-8-/t10-,11-/m0/s1. The van der Waals surface area contributed by atoms with E-state index in [1.165, 1.54) is 6.42 Å². The molecule has 0 heterocycles. The SMILES string of the molecule is COC[C@H](C)NC(=S)N/N=C\[C@H]1CC=CCC1. The van der Waals surface area contributed by atoms with Crippen molar-refractivity contribution in [3.63, 3.8) is 0 Å². The second-order valence-electron chi connectivity index (χ2n) is 4.26. The van der Waals surface area contributed by atoms with Crippen LogP contribution in [0.15, 0.2) is 17.3 Å². The number of thiocarbonyl (C=S) groups is 1. The molecule has 1 rings (SSSR count). The van der Waals surface area contributed by atoms with Gasteiger partial charge in [-0.3, -0.25) is 5.43 Å². The summed E-state index contributed by atoms with van der Waals surface area (Å²) in [7, 11) is 1.67. The average Bonchev–Trinajstić information content (AvgIpc) is 2.30. The third-order valence-electron chi connectivity index (χ3n) is 2.56. The molecule has 0 bridgehead atoms. The molecule has 0 aromatic carbocycles. The van der Waals surface area contributed by atoms with Gasteiger partial charge in [0.15, 0.2) is 5.11 Å². The Morgan fingerprint density at radius 1 is 1.65 bits per heavy atom. The van der Waals surface area contributed by atoms with Gasteiger partial charge in [0.2, 0.25) is 0 Å². The molecule has 0 unspecified atom stereocenters. The van der Waals surface area contributed by atoms with Crippen LogP contribution in [-0.4, -0.2) is 31.1 Å². The molecular weight excluding hydrogens is 234 g/mol. The molecule has 0 aromatic heterocycles. The highest BCUT2D eigenvalue weighted by Gasteiger charge is 2.06. The van der Waals surface area contributed by atoms with Crippen molar-refractivity contribution in [2.75, 3.05) is 13.7 Å². The minimum absolute atomic E-state index is 0.188. The van der Waals surface area contributed by atoms with Crippen molar-refractivity contribution in [2.45, 2.75) is 32.2 Å². The number of ether oxygens (including phenoxy) is 1. The number of hydrogen-bond donors (Lipinski definition) is 2. The summed E-state index contributed by atoms with van der Waals surface area (Å²) in [6.07, 6.45) is 9.75. The Balaban J connectivity index is 2.18. The van der Waals surface area contributed by atoms with E-state index >= 15 is 0 Å². The second kappa shape index (κ2) is 8.20. The van der Waals surface area contributed by atoms with Gasteiger partial charge >= 0.3 is 0 Å². The number of methoxy groups -OCH3 is 1. The molecule has 0 radical (unpaired) electrons. The first kappa shape index (κ1) is 14.1. The van der Waals surface area contributed by atoms with Crippen LogP contribution in [0.1, 0.15) is 26.2 Å². The van der Waals surface area contributed by atoms with Gasteiger partial charge < -0.3 is 10.1 Å². The van der Waals surface area contributed by atoms with Crippen molar-refractivity contribution >= 4 is 23.5 Å². The van der Waals surface area contributed by atoms with E-state index in [-0.39, 0.29) is 6.04 Å². The lowest BCUT2D eigenvalue weighted by Crippen LogP contribution is -2.40. The summed E-state index contributed by atoms with van der Waals surface area (Å²) in [6.45, 7) is 2.63. The van der Waals surface area contributed by atoms with Crippen LogP contribution in [0.25, 0.3) is 0 Å². The van der Waals surface area contributed by atoms with Crippen LogP contribution < -0.4 is 10.7 Å². The molecule has 96 valence electrons. The minimum Gasteiger partial charge on any atom is -0.383 e. The first-order valence-electron chi connectivity index (χ1n) is 5.96. The lowest BCUT2D eigenvalue weighted by molar-refractivity contribution is 0.179. The van der Waals surface area contributed by atoms with Crippen LogP contribution in [0.2, 0.25) is 0 Å². The van der Waals surface area contributed by atoms with Crippen molar-refractivity contribution in [1.29, 1.82) is 0 Å². The Bertz CT molecular complexity index is 291. The normalized spacial score (nSPS) is 21.4. The summed E-state index contributed by atoms with van der Waals surface area (Å²) in [5, 5.41) is 7.78. The Morgan fingerprint density at radius 2 is 2.47 bits per heavy atom. The summed E-state index contributed by atoms with van der Waals surface area (Å²) < 4.78 is 5.01. The number of rotatable bonds is 5. The van der Waals surface area contributed by atoms with Gasteiger partial charge in [-0.25, -0.2) is 0 Å². The largest absolute Gasteiger partial charge is 0.383 e. The van der Waals surface area contributed by atoms with Crippen LogP contribution >= 0.6 is 12.2 Å². The topological polar surface area (TPSA) is 45.6 Å². The fraction of sp³-hybridized carbons (Fsp3) is 0.667. The average molecular weight is 255 g/mol. The van der Waals surface area contributed by atoms with Crippen molar-refractivity contribution in [3.05, 3.63) is 12.2 Å². The lowest BCUT2D eigenvalue weighted by Gasteiger charge is -2.15. The molecule has 0 spiro atoms. The van der Waals surface area contributed by atoms with E-state index in [1.807, 2.05) is 13.1 Å². The molecule has 0 aromatic rings. The highest BCUT2D eigenvalue weighted by atomic mass is 32.1. The third-order valence-corrected chi connectivity index (χ3v) is 2.76. The van der Waals surface area contributed by atoms with Crippen LogP contribution in [0.3, 0.4) is 0 Å². The molecule has 0 fully saturated rings. The van der Waals surface area contributed by atoms with Crippen molar-refractivity contribution in [2.24, 2.45) is 11.0 Å². The van der Waals surface area contributed by atoms with E-state index in [2.05, 4.69) is 28.0 Å². The second-order valence-corrected chi connectivity index (χ2v) is 4.67. The zero-order valence-corrected chi connectivity index (χ0v) is 11.3. The van der Waals surface area contributed by atoms with Gasteiger partial charge in [0.25, 0.3) is 0 Å². The molecule has 5 heteroatoms. The molecule has 1 aliphatic rings. The maximum atomic E-state index is 5.11. The summed E-state index contributed by atoms with van der Waals surface area (Å²) >= 11 is 5.11. The predicted octanol–water partition coefficient (Wildman–Crippen LogP) is 1.83. The molecule has 0 amide bonds. The quantitative estimate of drug-likeness (QED) is 0.340. The Kier molecular flexibility index (Phi) is 6.81. The minimum atomic E-state index is 0.188. The van der Waals surface area contributed by atoms with E-state index in [0.717, 1.165) is 12.8 Å². The zero-order chi connectivity index (χ0) is 12.5. The van der Waals surface area contributed by atoms with Gasteiger partial charge in [-0.2, -0.15) is 5.10 Å². The van der Waals surface area contributed by atoms with E-state index in [9.17, 15) is 0 Å². The van der Waals surface area contributed by atoms with E-state index < -0.39 is 0 Å². The molecular formula is C12H21N3OS. The molecule has 2 N–H and O–H groups in total. The van der Waals surface area contributed by atoms with Gasteiger partial charge in [-0.15, -0.1) is 0 Å². The van der Waals surface area contributed by atoms with Crippen LogP contribution in [0.5, 0.6) is 0 Å². The van der Waals surface area contributed by atoms with Gasteiger partial charge in [0, 0.05) is 19.4 Å². The smallest absolute Gasteiger partial charge is 0.187 e. The Hall–Kier alpha value is -0.940. The first-order valence-corrected chi connectivity index (χ1v) is 6.37. The number of nitrogens with zero attached hydrogens (tertiary/aromatic N) is 1. The van der Waals surface area contributed by atoms with Gasteiger partial charge in [0.05, 0.1) is 6.61 Å². The van der Waals surface area contributed by atoms with Crippen molar-refractivity contribution < 1.29 is 4.74 Å². The highest BCUT2D eigenvalue weighted by Crippen LogP contribution is 2.15. The van der Waals surface area contributed by atoms with Crippen LogP contribution in [0.4, 0.5) is 0 Å². The van der Waals surface area contributed by atoms with Gasteiger partial charge in [-0.05, 0) is 44.3 Å². The molecule has 0 aliphatic heterocycles. The Labute approximate surface area is 108 Å². The molecule has 0 saturated heterocycles. The Morgan fingerprint density at radius 3 is 3.12 bits per heavy atom. The zero-order valence-electron chi connectivity index (χ0n) is 10.5. The van der Waals surface area contributed by atoms with Gasteiger partial charge in [-0.1, -0.05) is 12.2 Å². The summed E-state index contributed by atoms with van der Waals surface area (Å²) in [5.74, 6) is 0.534. The molecule has 0 saturated carbocycles. The fourth-order valence-electron chi connectivity index (χ4n) is 1.70. The van der Waals surface area contributed by atoms with E-state index in [0.29, 0.717) is 17.6 Å². The first-order chi connectivity index (χ1) is 8.22. The van der Waals surface area contributed by atoms with Crippen LogP contribution in [-0.2, 0) is 4.74 Å². The van der Waals surface area contributed by atoms with E-state index in [1.54, 1.807) is 7.11 Å². The predicted molar refractivity (Wildman–Crippen MR) is 75.2 cm³/mol. The molecule has 4 nitrogen and oxygen atoms in total. The molecule has 17 heavy (non-hydrogen) atoms. The number of nitrogens with one attached hydrogen (secondary N) is 2. The number of allylic oxidation sites excluding steroid dienone is 2. The number of hydrogen-bond acceptors (Lipinski definition) is 3. The van der Waals surface area contributed by atoms with Gasteiger partial charge in [0.1, 0.15) is 0 Å². The molecule has 1 aliphatic carbocycles. The fourth-order valence-corrected chi connectivity index (χ4v) is 1.96. The summed E-state index contributed by atoms with van der Waals surface area (Å²) in [6, 6.07) is 0.188. The van der Waals surface area contributed by atoms with Crippen molar-refractivity contribution in [1.82, 2.24) is 10.7 Å². The summed E-state index contributed by atoms with van der Waals surface area (Å²) in [4.78, 5) is 0. The maximum absolute atomic E-state index is 5.11. The lowest BCUT2D eigenvalue weighted by atomic mass is 9.96. The maximum Gasteiger partial charge on any atom is 0.187 e. The summed E-state index contributed by atoms with van der Waals surface area (Å²) in [5.41, 5.74) is 2.83. The monoisotopic (exact) mass is 255 g/mol. The third kappa shape index (κ3) is 6.38. The van der Waals surface area contributed by atoms with Crippen LogP contribution in [0, 0.1) is 5.92 Å².